The lowest BCUT2D eigenvalue weighted by Gasteiger charge is -2.26. The Balaban J connectivity index is 2.41. The van der Waals surface area contributed by atoms with Crippen LogP contribution in [0.5, 0.6) is 0 Å². The Hall–Kier alpha value is -1.76. The lowest BCUT2D eigenvalue weighted by atomic mass is 9.93. The van der Waals surface area contributed by atoms with Gasteiger partial charge in [-0.2, -0.15) is 5.26 Å². The molecule has 1 unspecified atom stereocenters. The Morgan fingerprint density at radius 3 is 2.55 bits per heavy atom. The monoisotopic (exact) mass is 308 g/mol. The largest absolute Gasteiger partial charge is 0.364 e. The first-order valence-electron chi connectivity index (χ1n) is 5.85. The standard InChI is InChI=1S/C15H11Cl2FN2/c1-15(9-19,13-6-5-11(18)8-14(13)17)20-12-4-2-3-10(16)7-12/h2-8,20H,1H3. The highest BCUT2D eigenvalue weighted by atomic mass is 35.5. The number of hydrogen-bond acceptors (Lipinski definition) is 2. The van der Waals surface area contributed by atoms with Gasteiger partial charge in [-0.05, 0) is 37.3 Å². The van der Waals surface area contributed by atoms with Crippen molar-refractivity contribution in [1.29, 1.82) is 5.26 Å². The molecule has 0 aliphatic heterocycles. The minimum atomic E-state index is -1.09. The fraction of sp³-hybridized carbons (Fsp3) is 0.133. The number of anilines is 1. The average molecular weight is 309 g/mol. The Labute approximate surface area is 126 Å². The van der Waals surface area contributed by atoms with Crippen molar-refractivity contribution in [2.45, 2.75) is 12.5 Å². The van der Waals surface area contributed by atoms with Crippen molar-refractivity contribution in [3.63, 3.8) is 0 Å². The predicted octanol–water partition coefficient (Wildman–Crippen LogP) is 4.98. The minimum absolute atomic E-state index is 0.198. The minimum Gasteiger partial charge on any atom is -0.364 e. The van der Waals surface area contributed by atoms with Gasteiger partial charge in [0.25, 0.3) is 0 Å². The molecule has 2 nitrogen and oxygen atoms in total. The molecule has 0 heterocycles. The third-order valence-corrected chi connectivity index (χ3v) is 3.46. The van der Waals surface area contributed by atoms with Crippen LogP contribution < -0.4 is 5.32 Å². The molecular weight excluding hydrogens is 298 g/mol. The summed E-state index contributed by atoms with van der Waals surface area (Å²) in [6.45, 7) is 1.67. The van der Waals surface area contributed by atoms with Crippen LogP contribution in [0.2, 0.25) is 10.0 Å². The molecule has 0 bridgehead atoms. The molecule has 2 aromatic rings. The topological polar surface area (TPSA) is 35.8 Å². The highest BCUT2D eigenvalue weighted by molar-refractivity contribution is 6.31. The van der Waals surface area contributed by atoms with Gasteiger partial charge in [-0.3, -0.25) is 0 Å². The Morgan fingerprint density at radius 1 is 1.20 bits per heavy atom. The summed E-state index contributed by atoms with van der Waals surface area (Å²) in [5, 5.41) is 13.3. The summed E-state index contributed by atoms with van der Waals surface area (Å²) in [7, 11) is 0. The Morgan fingerprint density at radius 2 is 1.95 bits per heavy atom. The van der Waals surface area contributed by atoms with Gasteiger partial charge in [0.1, 0.15) is 11.4 Å². The van der Waals surface area contributed by atoms with Crippen LogP contribution in [0.25, 0.3) is 0 Å². The Bertz CT molecular complexity index is 682. The van der Waals surface area contributed by atoms with Crippen molar-refractivity contribution < 1.29 is 4.39 Å². The van der Waals surface area contributed by atoms with Gasteiger partial charge in [0.05, 0.1) is 11.1 Å². The van der Waals surface area contributed by atoms with E-state index in [1.165, 1.54) is 18.2 Å². The quantitative estimate of drug-likeness (QED) is 0.867. The van der Waals surface area contributed by atoms with Crippen molar-refractivity contribution in [2.24, 2.45) is 0 Å². The Kier molecular flexibility index (Phi) is 4.17. The van der Waals surface area contributed by atoms with E-state index in [1.807, 2.05) is 0 Å². The highest BCUT2D eigenvalue weighted by Crippen LogP contribution is 2.32. The lowest BCUT2D eigenvalue weighted by Crippen LogP contribution is -2.30. The van der Waals surface area contributed by atoms with Gasteiger partial charge in [0, 0.05) is 16.3 Å². The first kappa shape index (κ1) is 14.6. The molecule has 0 fully saturated rings. The molecule has 0 spiro atoms. The molecule has 0 amide bonds. The molecule has 1 N–H and O–H groups in total. The molecule has 0 aliphatic rings. The molecule has 0 saturated carbocycles. The van der Waals surface area contributed by atoms with Crippen molar-refractivity contribution in [3.05, 3.63) is 63.9 Å². The summed E-state index contributed by atoms with van der Waals surface area (Å²) in [6, 6.07) is 13.1. The van der Waals surface area contributed by atoms with E-state index in [1.54, 1.807) is 31.2 Å². The van der Waals surface area contributed by atoms with Crippen LogP contribution in [0.15, 0.2) is 42.5 Å². The molecule has 1 atom stereocenters. The van der Waals surface area contributed by atoms with Crippen molar-refractivity contribution in [1.82, 2.24) is 0 Å². The first-order chi connectivity index (χ1) is 9.44. The zero-order valence-electron chi connectivity index (χ0n) is 10.6. The van der Waals surface area contributed by atoms with E-state index in [0.717, 1.165) is 0 Å². The van der Waals surface area contributed by atoms with Crippen LogP contribution in [0, 0.1) is 17.1 Å². The van der Waals surface area contributed by atoms with Gasteiger partial charge >= 0.3 is 0 Å². The van der Waals surface area contributed by atoms with Crippen LogP contribution in [-0.2, 0) is 5.54 Å². The second-order valence-corrected chi connectivity index (χ2v) is 5.34. The van der Waals surface area contributed by atoms with Gasteiger partial charge < -0.3 is 5.32 Å². The van der Waals surface area contributed by atoms with Crippen LogP contribution in [0.4, 0.5) is 10.1 Å². The summed E-state index contributed by atoms with van der Waals surface area (Å²) < 4.78 is 13.1. The average Bonchev–Trinajstić information content (AvgIpc) is 2.38. The second kappa shape index (κ2) is 5.70. The summed E-state index contributed by atoms with van der Waals surface area (Å²) >= 11 is 11.9. The fourth-order valence-corrected chi connectivity index (χ4v) is 2.45. The molecule has 102 valence electrons. The van der Waals surface area contributed by atoms with Crippen molar-refractivity contribution in [3.8, 4) is 6.07 Å². The van der Waals surface area contributed by atoms with Gasteiger partial charge in [0.2, 0.25) is 0 Å². The number of nitrogens with zero attached hydrogens (tertiary/aromatic N) is 1. The first-order valence-corrected chi connectivity index (χ1v) is 6.61. The van der Waals surface area contributed by atoms with Crippen LogP contribution in [0.1, 0.15) is 12.5 Å². The molecule has 5 heteroatoms. The molecule has 2 aromatic carbocycles. The lowest BCUT2D eigenvalue weighted by molar-refractivity contribution is 0.623. The smallest absolute Gasteiger partial charge is 0.149 e. The van der Waals surface area contributed by atoms with E-state index < -0.39 is 11.4 Å². The second-order valence-electron chi connectivity index (χ2n) is 4.50. The van der Waals surface area contributed by atoms with E-state index in [-0.39, 0.29) is 5.02 Å². The number of halogens is 3. The molecule has 2 rings (SSSR count). The summed E-state index contributed by atoms with van der Waals surface area (Å²) in [5.41, 5.74) is 0.0973. The summed E-state index contributed by atoms with van der Waals surface area (Å²) in [6.07, 6.45) is 0. The normalized spacial score (nSPS) is 13.3. The number of hydrogen-bond donors (Lipinski definition) is 1. The van der Waals surface area contributed by atoms with Crippen molar-refractivity contribution >= 4 is 28.9 Å². The molecular formula is C15H11Cl2FN2. The zero-order chi connectivity index (χ0) is 14.8. The molecule has 0 radical (unpaired) electrons. The third-order valence-electron chi connectivity index (χ3n) is 2.91. The number of rotatable bonds is 3. The maximum atomic E-state index is 13.1. The van der Waals surface area contributed by atoms with E-state index in [9.17, 15) is 9.65 Å². The highest BCUT2D eigenvalue weighted by Gasteiger charge is 2.29. The van der Waals surface area contributed by atoms with Gasteiger partial charge in [0.15, 0.2) is 0 Å². The maximum absolute atomic E-state index is 13.1. The zero-order valence-corrected chi connectivity index (χ0v) is 12.1. The fourth-order valence-electron chi connectivity index (χ4n) is 1.91. The van der Waals surface area contributed by atoms with Crippen molar-refractivity contribution in [2.75, 3.05) is 5.32 Å². The van der Waals surface area contributed by atoms with E-state index in [4.69, 9.17) is 23.2 Å². The molecule has 0 aromatic heterocycles. The number of benzene rings is 2. The molecule has 0 aliphatic carbocycles. The molecule has 0 saturated heterocycles. The van der Waals surface area contributed by atoms with Gasteiger partial charge in [-0.15, -0.1) is 0 Å². The third kappa shape index (κ3) is 3.04. The summed E-state index contributed by atoms with van der Waals surface area (Å²) in [5.74, 6) is -0.443. The van der Waals surface area contributed by atoms with Gasteiger partial charge in [-0.25, -0.2) is 4.39 Å². The van der Waals surface area contributed by atoms with Gasteiger partial charge in [-0.1, -0.05) is 35.3 Å². The van der Waals surface area contributed by atoms with E-state index in [0.29, 0.717) is 16.3 Å². The predicted molar refractivity (Wildman–Crippen MR) is 79.4 cm³/mol. The molecule has 20 heavy (non-hydrogen) atoms. The number of nitrogens with one attached hydrogen (secondary N) is 1. The summed E-state index contributed by atoms with van der Waals surface area (Å²) in [4.78, 5) is 0. The van der Waals surface area contributed by atoms with Crippen LogP contribution in [0.3, 0.4) is 0 Å². The maximum Gasteiger partial charge on any atom is 0.149 e. The van der Waals surface area contributed by atoms with E-state index in [2.05, 4.69) is 11.4 Å². The van der Waals surface area contributed by atoms with Crippen LogP contribution in [-0.4, -0.2) is 0 Å². The van der Waals surface area contributed by atoms with Crippen LogP contribution >= 0.6 is 23.2 Å². The SMILES string of the molecule is CC(C#N)(Nc1cccc(Cl)c1)c1ccc(F)cc1Cl. The van der Waals surface area contributed by atoms with E-state index >= 15 is 0 Å². The number of nitriles is 1.